The first-order valence-electron chi connectivity index (χ1n) is 22.2. The first kappa shape index (κ1) is 40.8. The molecule has 0 aromatic heterocycles. The lowest BCUT2D eigenvalue weighted by Crippen LogP contribution is -2.41. The third-order valence-corrected chi connectivity index (χ3v) is 12.7. The smallest absolute Gasteiger partial charge is 0.261 e. The first-order chi connectivity index (χ1) is 28.4. The van der Waals surface area contributed by atoms with Gasteiger partial charge in [0, 0.05) is 56.5 Å². The van der Waals surface area contributed by atoms with Gasteiger partial charge >= 0.3 is 0 Å². The number of hydrogen-bond acceptors (Lipinski definition) is 6. The number of nitriles is 2. The number of imide groups is 2. The van der Waals surface area contributed by atoms with Gasteiger partial charge in [-0.15, -0.1) is 0 Å². The number of carbonyl (C=O) groups is 4. The molecule has 300 valence electrons. The summed E-state index contributed by atoms with van der Waals surface area (Å²) in [6.07, 6.45) is 22.8. The molecular weight excluding hydrogens is 721 g/mol. The van der Waals surface area contributed by atoms with Crippen molar-refractivity contribution in [1.29, 1.82) is 10.5 Å². The molecule has 0 radical (unpaired) electrons. The summed E-state index contributed by atoms with van der Waals surface area (Å²) in [5.74, 6) is -1.54. The van der Waals surface area contributed by atoms with Crippen LogP contribution in [-0.4, -0.2) is 46.5 Å². The second kappa shape index (κ2) is 18.5. The molecule has 2 aliphatic rings. The van der Waals surface area contributed by atoms with Gasteiger partial charge in [-0.1, -0.05) is 142 Å². The summed E-state index contributed by atoms with van der Waals surface area (Å²) >= 11 is 0. The summed E-state index contributed by atoms with van der Waals surface area (Å²) in [5, 5.41) is 25.7. The summed E-state index contributed by atoms with van der Waals surface area (Å²) in [6, 6.07) is 14.9. The van der Waals surface area contributed by atoms with Crippen molar-refractivity contribution in [3.8, 4) is 12.1 Å². The molecule has 0 bridgehead atoms. The molecule has 8 heteroatoms. The van der Waals surface area contributed by atoms with Crippen molar-refractivity contribution in [3.05, 3.63) is 69.8 Å². The third-order valence-electron chi connectivity index (χ3n) is 12.7. The van der Waals surface area contributed by atoms with Crippen molar-refractivity contribution in [2.75, 3.05) is 13.1 Å². The van der Waals surface area contributed by atoms with Gasteiger partial charge in [-0.2, -0.15) is 10.5 Å². The van der Waals surface area contributed by atoms with Crippen LogP contribution in [-0.2, 0) is 0 Å². The van der Waals surface area contributed by atoms with Gasteiger partial charge in [-0.3, -0.25) is 29.0 Å². The van der Waals surface area contributed by atoms with Crippen molar-refractivity contribution < 1.29 is 19.2 Å². The van der Waals surface area contributed by atoms with Crippen LogP contribution in [0.1, 0.15) is 195 Å². The van der Waals surface area contributed by atoms with Gasteiger partial charge in [-0.05, 0) is 47.9 Å². The van der Waals surface area contributed by atoms with E-state index in [1.165, 1.54) is 86.8 Å². The lowest BCUT2D eigenvalue weighted by molar-refractivity contribution is 0.0592. The lowest BCUT2D eigenvalue weighted by Gasteiger charge is -2.30. The standard InChI is InChI=1S/C50H56N4O4/c1-3-5-7-9-11-13-15-17-19-21-27-53-47(55)37-25-23-35-42-34(32-52)30-40-44-38(48(56)54(50(40)58)28-22-20-18-16-14-12-10-8-6-4-2)26-24-36(46(42)44)41-33(31-51)29-39(49(53)57)43(37)45(35)41/h23-26,29-30H,3-22,27-28H2,1-2H3. The van der Waals surface area contributed by atoms with Gasteiger partial charge in [0.1, 0.15) is 0 Å². The Kier molecular flexibility index (Phi) is 13.0. The molecule has 0 aliphatic carbocycles. The zero-order valence-electron chi connectivity index (χ0n) is 34.4. The highest BCUT2D eigenvalue weighted by molar-refractivity contribution is 6.42. The average molecular weight is 777 g/mol. The molecule has 5 aromatic rings. The summed E-state index contributed by atoms with van der Waals surface area (Å²) < 4.78 is 0. The minimum Gasteiger partial charge on any atom is -0.274 e. The van der Waals surface area contributed by atoms with E-state index in [-0.39, 0.29) is 22.9 Å². The van der Waals surface area contributed by atoms with Crippen molar-refractivity contribution in [3.63, 3.8) is 0 Å². The average Bonchev–Trinajstić information content (AvgIpc) is 3.24. The number of benzene rings is 5. The molecular formula is C50H56N4O4. The third kappa shape index (κ3) is 7.55. The number of nitrogens with zero attached hydrogens (tertiary/aromatic N) is 4. The first-order valence-corrected chi connectivity index (χ1v) is 22.2. The molecule has 5 aromatic carbocycles. The summed E-state index contributed by atoms with van der Waals surface area (Å²) in [6.45, 7) is 5.07. The zero-order valence-corrected chi connectivity index (χ0v) is 34.4. The number of amides is 4. The predicted molar refractivity (Wildman–Crippen MR) is 232 cm³/mol. The van der Waals surface area contributed by atoms with E-state index in [0.29, 0.717) is 91.3 Å². The van der Waals surface area contributed by atoms with E-state index < -0.39 is 11.8 Å². The molecule has 8 nitrogen and oxygen atoms in total. The fourth-order valence-electron chi connectivity index (χ4n) is 9.66. The molecule has 0 spiro atoms. The molecule has 0 N–H and O–H groups in total. The Labute approximate surface area is 342 Å². The SMILES string of the molecule is CCCCCCCCCCCCN1C(=O)c2ccc3c4c(C#N)cc5c6c(ccc(c7c(C#N)cc(c2c37)C1=O)c64)C(=O)N(CCCCCCCCCCCC)C5=O. The Morgan fingerprint density at radius 2 is 0.707 bits per heavy atom. The number of unbranched alkanes of at least 4 members (excludes halogenated alkanes) is 18. The monoisotopic (exact) mass is 776 g/mol. The van der Waals surface area contributed by atoms with Gasteiger partial charge in [0.25, 0.3) is 23.6 Å². The van der Waals surface area contributed by atoms with E-state index in [1.54, 1.807) is 36.4 Å². The van der Waals surface area contributed by atoms with Crippen LogP contribution in [0.5, 0.6) is 0 Å². The van der Waals surface area contributed by atoms with Crippen LogP contribution in [0.3, 0.4) is 0 Å². The minimum absolute atomic E-state index is 0.267. The van der Waals surface area contributed by atoms with E-state index >= 15 is 0 Å². The van der Waals surface area contributed by atoms with E-state index in [4.69, 9.17) is 0 Å². The van der Waals surface area contributed by atoms with Crippen LogP contribution in [0.4, 0.5) is 0 Å². The highest BCUT2D eigenvalue weighted by atomic mass is 16.2. The molecule has 58 heavy (non-hydrogen) atoms. The fourth-order valence-corrected chi connectivity index (χ4v) is 9.66. The Bertz CT molecular complexity index is 2300. The molecule has 0 saturated carbocycles. The number of fused-ring (bicyclic) bond motifs is 2. The molecule has 4 amide bonds. The van der Waals surface area contributed by atoms with Gasteiger partial charge < -0.3 is 0 Å². The van der Waals surface area contributed by atoms with E-state index in [9.17, 15) is 29.7 Å². The van der Waals surface area contributed by atoms with Crippen LogP contribution >= 0.6 is 0 Å². The Hall–Kier alpha value is -5.34. The Morgan fingerprint density at radius 3 is 1.03 bits per heavy atom. The normalized spacial score (nSPS) is 13.9. The van der Waals surface area contributed by atoms with Gasteiger partial charge in [0.05, 0.1) is 34.4 Å². The predicted octanol–water partition coefficient (Wildman–Crippen LogP) is 12.5. The highest BCUT2D eigenvalue weighted by Crippen LogP contribution is 2.48. The summed E-state index contributed by atoms with van der Waals surface area (Å²) in [5.41, 5.74) is 1.93. The van der Waals surface area contributed by atoms with E-state index in [0.717, 1.165) is 38.5 Å². The largest absolute Gasteiger partial charge is 0.274 e. The van der Waals surface area contributed by atoms with Crippen molar-refractivity contribution in [1.82, 2.24) is 9.80 Å². The van der Waals surface area contributed by atoms with Gasteiger partial charge in [0.2, 0.25) is 0 Å². The maximum absolute atomic E-state index is 14.1. The number of carbonyl (C=O) groups excluding carboxylic acids is 4. The Balaban J connectivity index is 1.17. The maximum Gasteiger partial charge on any atom is 0.261 e. The topological polar surface area (TPSA) is 122 Å². The maximum atomic E-state index is 14.1. The molecule has 0 fully saturated rings. The van der Waals surface area contributed by atoms with Gasteiger partial charge in [-0.25, -0.2) is 0 Å². The highest BCUT2D eigenvalue weighted by Gasteiger charge is 2.38. The van der Waals surface area contributed by atoms with E-state index in [2.05, 4.69) is 26.0 Å². The van der Waals surface area contributed by atoms with Crippen LogP contribution < -0.4 is 0 Å². The van der Waals surface area contributed by atoms with Crippen LogP contribution in [0.2, 0.25) is 0 Å². The fraction of sp³-hybridized carbons (Fsp3) is 0.480. The zero-order chi connectivity index (χ0) is 40.8. The van der Waals surface area contributed by atoms with Crippen LogP contribution in [0.25, 0.3) is 43.1 Å². The molecule has 2 aliphatic heterocycles. The van der Waals surface area contributed by atoms with Gasteiger partial charge in [0.15, 0.2) is 0 Å². The van der Waals surface area contributed by atoms with Crippen molar-refractivity contribution >= 4 is 66.7 Å². The summed E-state index contributed by atoms with van der Waals surface area (Å²) in [4.78, 5) is 59.1. The van der Waals surface area contributed by atoms with Crippen molar-refractivity contribution in [2.24, 2.45) is 0 Å². The number of rotatable bonds is 22. The molecule has 0 saturated heterocycles. The molecule has 0 atom stereocenters. The van der Waals surface area contributed by atoms with Crippen molar-refractivity contribution in [2.45, 2.75) is 142 Å². The second-order valence-electron chi connectivity index (χ2n) is 16.6. The number of hydrogen-bond donors (Lipinski definition) is 0. The molecule has 7 rings (SSSR count). The van der Waals surface area contributed by atoms with Crippen LogP contribution in [0, 0.1) is 22.7 Å². The molecule has 2 heterocycles. The summed E-state index contributed by atoms with van der Waals surface area (Å²) in [7, 11) is 0. The quantitative estimate of drug-likeness (QED) is 0.0298. The van der Waals surface area contributed by atoms with Crippen LogP contribution in [0.15, 0.2) is 36.4 Å². The second-order valence-corrected chi connectivity index (χ2v) is 16.6. The lowest BCUT2D eigenvalue weighted by atomic mass is 9.79. The minimum atomic E-state index is -0.413. The Morgan fingerprint density at radius 1 is 0.397 bits per heavy atom. The molecule has 0 unspecified atom stereocenters. The van der Waals surface area contributed by atoms with E-state index in [1.807, 2.05) is 0 Å².